The highest BCUT2D eigenvalue weighted by Gasteiger charge is 2.20. The molecule has 8 heteroatoms. The first-order valence-electron chi connectivity index (χ1n) is 7.45. The molecule has 0 bridgehead atoms. The smallest absolute Gasteiger partial charge is 0.252 e. The third-order valence-electron chi connectivity index (χ3n) is 3.78. The molecule has 1 amide bonds. The molecular formula is C14H19N5O2S. The van der Waals surface area contributed by atoms with E-state index in [1.807, 2.05) is 23.1 Å². The summed E-state index contributed by atoms with van der Waals surface area (Å²) in [6.45, 7) is 5.73. The van der Waals surface area contributed by atoms with Gasteiger partial charge in [0.25, 0.3) is 5.56 Å². The van der Waals surface area contributed by atoms with Crippen LogP contribution in [0.3, 0.4) is 0 Å². The summed E-state index contributed by atoms with van der Waals surface area (Å²) in [6, 6.07) is 1.56. The average Bonchev–Trinajstić information content (AvgIpc) is 3.13. The molecule has 0 radical (unpaired) electrons. The number of nitrogens with zero attached hydrogens (tertiary/aromatic N) is 4. The van der Waals surface area contributed by atoms with Gasteiger partial charge in [0.1, 0.15) is 0 Å². The van der Waals surface area contributed by atoms with Gasteiger partial charge in [-0.15, -0.1) is 10.2 Å². The van der Waals surface area contributed by atoms with Crippen LogP contribution in [0.4, 0.5) is 0 Å². The summed E-state index contributed by atoms with van der Waals surface area (Å²) < 4.78 is 1.83. The number of likely N-dealkylation sites (tertiary alicyclic amines) is 1. The molecule has 1 fully saturated rings. The van der Waals surface area contributed by atoms with Gasteiger partial charge in [0, 0.05) is 24.8 Å². The molecule has 0 atom stereocenters. The van der Waals surface area contributed by atoms with Crippen LogP contribution in [0.5, 0.6) is 0 Å². The molecule has 1 aliphatic rings. The molecule has 3 heterocycles. The Balaban J connectivity index is 1.84. The molecule has 0 aromatic carbocycles. The van der Waals surface area contributed by atoms with Crippen molar-refractivity contribution in [1.29, 1.82) is 0 Å². The Morgan fingerprint density at radius 1 is 1.36 bits per heavy atom. The van der Waals surface area contributed by atoms with E-state index in [-0.39, 0.29) is 17.4 Å². The Kier molecular flexibility index (Phi) is 4.19. The Bertz CT molecular complexity index is 745. The van der Waals surface area contributed by atoms with Crippen LogP contribution in [0.2, 0.25) is 0 Å². The van der Waals surface area contributed by atoms with Gasteiger partial charge in [-0.2, -0.15) is 0 Å². The fourth-order valence-electron chi connectivity index (χ4n) is 2.63. The number of carbonyl (C=O) groups is 1. The molecule has 1 saturated heterocycles. The minimum Gasteiger partial charge on any atom is -0.342 e. The van der Waals surface area contributed by atoms with E-state index in [1.54, 1.807) is 6.07 Å². The number of aromatic nitrogens is 4. The van der Waals surface area contributed by atoms with Crippen molar-refractivity contribution in [2.45, 2.75) is 37.8 Å². The first kappa shape index (κ1) is 15.1. The molecule has 2 aromatic rings. The zero-order valence-electron chi connectivity index (χ0n) is 12.7. The van der Waals surface area contributed by atoms with Crippen LogP contribution in [0.25, 0.3) is 5.78 Å². The number of amides is 1. The number of thioether (sulfide) groups is 1. The Hall–Kier alpha value is -1.83. The van der Waals surface area contributed by atoms with Gasteiger partial charge in [-0.1, -0.05) is 25.6 Å². The van der Waals surface area contributed by atoms with Crippen molar-refractivity contribution < 1.29 is 4.79 Å². The van der Waals surface area contributed by atoms with Crippen molar-refractivity contribution in [3.8, 4) is 0 Å². The molecule has 22 heavy (non-hydrogen) atoms. The molecule has 7 nitrogen and oxygen atoms in total. The number of rotatable bonds is 4. The van der Waals surface area contributed by atoms with Gasteiger partial charge in [0.05, 0.1) is 5.75 Å². The topological polar surface area (TPSA) is 83.4 Å². The normalized spacial score (nSPS) is 15.1. The van der Waals surface area contributed by atoms with E-state index in [9.17, 15) is 9.59 Å². The average molecular weight is 321 g/mol. The summed E-state index contributed by atoms with van der Waals surface area (Å²) >= 11 is 1.37. The molecule has 0 spiro atoms. The van der Waals surface area contributed by atoms with Gasteiger partial charge in [-0.3, -0.25) is 19.0 Å². The van der Waals surface area contributed by atoms with Gasteiger partial charge in [0.15, 0.2) is 5.16 Å². The largest absolute Gasteiger partial charge is 0.342 e. The van der Waals surface area contributed by atoms with Gasteiger partial charge >= 0.3 is 0 Å². The molecule has 118 valence electrons. The quantitative estimate of drug-likeness (QED) is 0.857. The van der Waals surface area contributed by atoms with E-state index in [0.29, 0.717) is 16.7 Å². The second-order valence-corrected chi connectivity index (χ2v) is 6.67. The molecule has 0 unspecified atom stereocenters. The Labute approximate surface area is 132 Å². The zero-order chi connectivity index (χ0) is 15.7. The second-order valence-electron chi connectivity index (χ2n) is 5.73. The molecule has 0 saturated carbocycles. The van der Waals surface area contributed by atoms with Crippen molar-refractivity contribution >= 4 is 23.4 Å². The monoisotopic (exact) mass is 321 g/mol. The Morgan fingerprint density at radius 3 is 2.77 bits per heavy atom. The first-order chi connectivity index (χ1) is 10.6. The van der Waals surface area contributed by atoms with Crippen LogP contribution in [0, 0.1) is 0 Å². The maximum Gasteiger partial charge on any atom is 0.252 e. The van der Waals surface area contributed by atoms with Crippen molar-refractivity contribution in [1.82, 2.24) is 24.5 Å². The zero-order valence-corrected chi connectivity index (χ0v) is 13.5. The molecule has 0 aliphatic carbocycles. The summed E-state index contributed by atoms with van der Waals surface area (Å²) in [5, 5.41) is 8.76. The molecule has 1 N–H and O–H groups in total. The predicted octanol–water partition coefficient (Wildman–Crippen LogP) is 1.26. The van der Waals surface area contributed by atoms with Crippen LogP contribution in [-0.2, 0) is 4.79 Å². The number of nitrogens with one attached hydrogen (secondary N) is 1. The molecule has 2 aromatic heterocycles. The third kappa shape index (κ3) is 2.87. The predicted molar refractivity (Wildman–Crippen MR) is 84.2 cm³/mol. The lowest BCUT2D eigenvalue weighted by Gasteiger charge is -2.14. The van der Waals surface area contributed by atoms with Crippen molar-refractivity contribution in [3.63, 3.8) is 0 Å². The van der Waals surface area contributed by atoms with Crippen molar-refractivity contribution in [2.75, 3.05) is 18.8 Å². The molecule has 1 aliphatic heterocycles. The fraction of sp³-hybridized carbons (Fsp3) is 0.571. The lowest BCUT2D eigenvalue weighted by molar-refractivity contribution is -0.127. The van der Waals surface area contributed by atoms with E-state index in [1.165, 1.54) is 11.8 Å². The highest BCUT2D eigenvalue weighted by molar-refractivity contribution is 7.99. The number of H-pyrrole nitrogens is 1. The van der Waals surface area contributed by atoms with E-state index >= 15 is 0 Å². The van der Waals surface area contributed by atoms with Gasteiger partial charge in [0.2, 0.25) is 11.7 Å². The van der Waals surface area contributed by atoms with Crippen molar-refractivity contribution in [3.05, 3.63) is 22.1 Å². The highest BCUT2D eigenvalue weighted by atomic mass is 32.2. The van der Waals surface area contributed by atoms with Crippen LogP contribution >= 0.6 is 11.8 Å². The number of aromatic amines is 1. The lowest BCUT2D eigenvalue weighted by Crippen LogP contribution is -2.29. The summed E-state index contributed by atoms with van der Waals surface area (Å²) in [5.74, 6) is 1.06. The van der Waals surface area contributed by atoms with Crippen LogP contribution in [-0.4, -0.2) is 49.2 Å². The van der Waals surface area contributed by atoms with E-state index < -0.39 is 0 Å². The molecular weight excluding hydrogens is 302 g/mol. The highest BCUT2D eigenvalue weighted by Crippen LogP contribution is 2.22. The summed E-state index contributed by atoms with van der Waals surface area (Å²) in [4.78, 5) is 28.4. The summed E-state index contributed by atoms with van der Waals surface area (Å²) in [6.07, 6.45) is 2.17. The SMILES string of the molecule is CC(C)c1cc(=O)[nH]c2nnc(SCC(=O)N3CCCC3)n12. The number of hydrogen-bond acceptors (Lipinski definition) is 5. The standard InChI is InChI=1S/C14H19N5O2S/c1-9(2)10-7-11(20)15-13-16-17-14(19(10)13)22-8-12(21)18-5-3-4-6-18/h7,9H,3-6,8H2,1-2H3,(H,15,16,20). The number of carbonyl (C=O) groups excluding carboxylic acids is 1. The second kappa shape index (κ2) is 6.12. The van der Waals surface area contributed by atoms with E-state index in [4.69, 9.17) is 0 Å². The van der Waals surface area contributed by atoms with Crippen LogP contribution < -0.4 is 5.56 Å². The number of hydrogen-bond donors (Lipinski definition) is 1. The molecule has 3 rings (SSSR count). The van der Waals surface area contributed by atoms with Gasteiger partial charge in [-0.25, -0.2) is 0 Å². The first-order valence-corrected chi connectivity index (χ1v) is 8.44. The van der Waals surface area contributed by atoms with Gasteiger partial charge < -0.3 is 4.90 Å². The Morgan fingerprint density at radius 2 is 2.09 bits per heavy atom. The lowest BCUT2D eigenvalue weighted by atomic mass is 10.1. The number of fused-ring (bicyclic) bond motifs is 1. The fourth-order valence-corrected chi connectivity index (χ4v) is 3.49. The van der Waals surface area contributed by atoms with Crippen molar-refractivity contribution in [2.24, 2.45) is 0 Å². The van der Waals surface area contributed by atoms with E-state index in [2.05, 4.69) is 15.2 Å². The maximum atomic E-state index is 12.1. The maximum absolute atomic E-state index is 12.1. The summed E-state index contributed by atoms with van der Waals surface area (Å²) in [7, 11) is 0. The van der Waals surface area contributed by atoms with E-state index in [0.717, 1.165) is 31.6 Å². The third-order valence-corrected chi connectivity index (χ3v) is 4.69. The minimum absolute atomic E-state index is 0.134. The minimum atomic E-state index is -0.187. The van der Waals surface area contributed by atoms with Crippen LogP contribution in [0.15, 0.2) is 16.0 Å². The summed E-state index contributed by atoms with van der Waals surface area (Å²) in [5.41, 5.74) is 0.660. The van der Waals surface area contributed by atoms with Crippen LogP contribution in [0.1, 0.15) is 38.3 Å². The van der Waals surface area contributed by atoms with Gasteiger partial charge in [-0.05, 0) is 18.8 Å².